The number of nitrogens with one attached hydrogen (secondary N) is 1. The molecule has 0 aliphatic heterocycles. The first kappa shape index (κ1) is 15.4. The average Bonchev–Trinajstić information content (AvgIpc) is 2.94. The van der Waals surface area contributed by atoms with Crippen molar-refractivity contribution in [1.29, 1.82) is 0 Å². The zero-order chi connectivity index (χ0) is 15.2. The molecule has 0 saturated carbocycles. The predicted molar refractivity (Wildman–Crippen MR) is 83.4 cm³/mol. The largest absolute Gasteiger partial charge is 0.469 e. The van der Waals surface area contributed by atoms with E-state index in [1.807, 2.05) is 19.1 Å². The standard InChI is InChI=1S/C16H23N3O2/c1-12(2)11-19-9-8-17-15(16(19)20)18-13(3)6-7-14-5-4-10-21-14/h4-5,8-10,12-13H,6-7,11H2,1-3H3,(H,17,18). The Kier molecular flexibility index (Phi) is 5.20. The molecule has 1 unspecified atom stereocenters. The van der Waals surface area contributed by atoms with Crippen molar-refractivity contribution in [1.82, 2.24) is 9.55 Å². The van der Waals surface area contributed by atoms with E-state index in [9.17, 15) is 4.79 Å². The summed E-state index contributed by atoms with van der Waals surface area (Å²) in [5, 5.41) is 3.20. The molecule has 0 aromatic carbocycles. The minimum absolute atomic E-state index is 0.0592. The van der Waals surface area contributed by atoms with Crippen LogP contribution in [0.3, 0.4) is 0 Å². The van der Waals surface area contributed by atoms with Gasteiger partial charge in [-0.1, -0.05) is 13.8 Å². The molecule has 0 spiro atoms. The third kappa shape index (κ3) is 4.48. The molecular formula is C16H23N3O2. The molecule has 2 rings (SSSR count). The summed E-state index contributed by atoms with van der Waals surface area (Å²) in [6.07, 6.45) is 6.81. The van der Waals surface area contributed by atoms with Gasteiger partial charge in [0.25, 0.3) is 5.56 Å². The first-order valence-corrected chi connectivity index (χ1v) is 7.40. The minimum Gasteiger partial charge on any atom is -0.469 e. The molecule has 2 aromatic rings. The van der Waals surface area contributed by atoms with E-state index >= 15 is 0 Å². The van der Waals surface area contributed by atoms with Crippen LogP contribution in [-0.2, 0) is 13.0 Å². The topological polar surface area (TPSA) is 60.1 Å². The first-order chi connectivity index (χ1) is 10.1. The van der Waals surface area contributed by atoms with Crippen molar-refractivity contribution in [2.45, 2.75) is 46.2 Å². The van der Waals surface area contributed by atoms with Gasteiger partial charge in [0.1, 0.15) is 5.76 Å². The summed E-state index contributed by atoms with van der Waals surface area (Å²) in [4.78, 5) is 16.5. The molecule has 0 radical (unpaired) electrons. The van der Waals surface area contributed by atoms with Crippen molar-refractivity contribution in [3.05, 3.63) is 46.9 Å². The highest BCUT2D eigenvalue weighted by Crippen LogP contribution is 2.08. The normalized spacial score (nSPS) is 12.6. The lowest BCUT2D eigenvalue weighted by molar-refractivity contribution is 0.493. The summed E-state index contributed by atoms with van der Waals surface area (Å²) >= 11 is 0. The van der Waals surface area contributed by atoms with Crippen molar-refractivity contribution in [2.24, 2.45) is 5.92 Å². The van der Waals surface area contributed by atoms with Gasteiger partial charge in [-0.25, -0.2) is 4.98 Å². The summed E-state index contributed by atoms with van der Waals surface area (Å²) in [5.74, 6) is 1.81. The fourth-order valence-electron chi connectivity index (χ4n) is 2.20. The monoisotopic (exact) mass is 289 g/mol. The van der Waals surface area contributed by atoms with E-state index in [4.69, 9.17) is 4.42 Å². The zero-order valence-corrected chi connectivity index (χ0v) is 12.9. The van der Waals surface area contributed by atoms with Gasteiger partial charge in [0.05, 0.1) is 6.26 Å². The van der Waals surface area contributed by atoms with Crippen LogP contribution in [0.2, 0.25) is 0 Å². The highest BCUT2D eigenvalue weighted by Gasteiger charge is 2.10. The molecule has 0 amide bonds. The Hall–Kier alpha value is -2.04. The number of anilines is 1. The van der Waals surface area contributed by atoms with Gasteiger partial charge in [0.15, 0.2) is 5.82 Å². The molecule has 2 heterocycles. The maximum atomic E-state index is 12.3. The van der Waals surface area contributed by atoms with Gasteiger partial charge in [-0.05, 0) is 31.4 Å². The molecule has 0 saturated heterocycles. The van der Waals surface area contributed by atoms with Gasteiger partial charge in [-0.3, -0.25) is 4.79 Å². The van der Waals surface area contributed by atoms with Gasteiger partial charge in [-0.15, -0.1) is 0 Å². The SMILES string of the molecule is CC(C)Cn1ccnc(NC(C)CCc2ccco2)c1=O. The molecule has 114 valence electrons. The molecule has 0 fully saturated rings. The molecule has 0 aliphatic rings. The first-order valence-electron chi connectivity index (χ1n) is 7.40. The Morgan fingerprint density at radius 2 is 2.19 bits per heavy atom. The number of nitrogens with zero attached hydrogens (tertiary/aromatic N) is 2. The lowest BCUT2D eigenvalue weighted by Gasteiger charge is -2.15. The van der Waals surface area contributed by atoms with Crippen LogP contribution in [-0.4, -0.2) is 15.6 Å². The number of hydrogen-bond acceptors (Lipinski definition) is 4. The zero-order valence-electron chi connectivity index (χ0n) is 12.9. The maximum Gasteiger partial charge on any atom is 0.293 e. The second-order valence-electron chi connectivity index (χ2n) is 5.79. The Labute approximate surface area is 125 Å². The summed E-state index contributed by atoms with van der Waals surface area (Å²) in [6, 6.07) is 4.00. The number of furan rings is 1. The van der Waals surface area contributed by atoms with Gasteiger partial charge < -0.3 is 14.3 Å². The van der Waals surface area contributed by atoms with Crippen LogP contribution < -0.4 is 10.9 Å². The van der Waals surface area contributed by atoms with Gasteiger partial charge >= 0.3 is 0 Å². The highest BCUT2D eigenvalue weighted by molar-refractivity contribution is 5.32. The van der Waals surface area contributed by atoms with Crippen LogP contribution in [0.25, 0.3) is 0 Å². The lowest BCUT2D eigenvalue weighted by atomic mass is 10.1. The van der Waals surface area contributed by atoms with E-state index in [0.29, 0.717) is 18.3 Å². The Bertz CT molecular complexity index is 602. The van der Waals surface area contributed by atoms with Crippen LogP contribution >= 0.6 is 0 Å². The smallest absolute Gasteiger partial charge is 0.293 e. The predicted octanol–water partition coefficient (Wildman–Crippen LogP) is 2.93. The second kappa shape index (κ2) is 7.11. The Balaban J connectivity index is 1.97. The summed E-state index contributed by atoms with van der Waals surface area (Å²) < 4.78 is 7.02. The lowest BCUT2D eigenvalue weighted by Crippen LogP contribution is -2.29. The third-order valence-electron chi connectivity index (χ3n) is 3.26. The van der Waals surface area contributed by atoms with Crippen molar-refractivity contribution in [2.75, 3.05) is 5.32 Å². The van der Waals surface area contributed by atoms with Gasteiger partial charge in [0.2, 0.25) is 0 Å². The summed E-state index contributed by atoms with van der Waals surface area (Å²) in [6.45, 7) is 6.93. The molecule has 2 aromatic heterocycles. The molecule has 5 nitrogen and oxygen atoms in total. The quantitative estimate of drug-likeness (QED) is 0.851. The van der Waals surface area contributed by atoms with Crippen LogP contribution in [0.1, 0.15) is 33.0 Å². The molecular weight excluding hydrogens is 266 g/mol. The molecule has 21 heavy (non-hydrogen) atoms. The van der Waals surface area contributed by atoms with Crippen LogP contribution in [0.15, 0.2) is 40.0 Å². The van der Waals surface area contributed by atoms with E-state index in [1.165, 1.54) is 0 Å². The molecule has 5 heteroatoms. The number of aryl methyl sites for hydroxylation is 1. The average molecular weight is 289 g/mol. The van der Waals surface area contributed by atoms with Crippen LogP contribution in [0.4, 0.5) is 5.82 Å². The van der Waals surface area contributed by atoms with E-state index < -0.39 is 0 Å². The summed E-state index contributed by atoms with van der Waals surface area (Å²) in [7, 11) is 0. The van der Waals surface area contributed by atoms with Crippen LogP contribution in [0.5, 0.6) is 0 Å². The third-order valence-corrected chi connectivity index (χ3v) is 3.26. The molecule has 0 bridgehead atoms. The van der Waals surface area contributed by atoms with E-state index in [-0.39, 0.29) is 11.6 Å². The number of aromatic nitrogens is 2. The van der Waals surface area contributed by atoms with E-state index in [1.54, 1.807) is 23.2 Å². The molecule has 1 atom stereocenters. The minimum atomic E-state index is -0.0592. The summed E-state index contributed by atoms with van der Waals surface area (Å²) in [5.41, 5.74) is -0.0592. The molecule has 0 aliphatic carbocycles. The van der Waals surface area contributed by atoms with Crippen LogP contribution in [0, 0.1) is 5.92 Å². The fraction of sp³-hybridized carbons (Fsp3) is 0.500. The van der Waals surface area contributed by atoms with Gasteiger partial charge in [-0.2, -0.15) is 0 Å². The fourth-order valence-corrected chi connectivity index (χ4v) is 2.20. The van der Waals surface area contributed by atoms with Crippen molar-refractivity contribution >= 4 is 5.82 Å². The second-order valence-corrected chi connectivity index (χ2v) is 5.79. The van der Waals surface area contributed by atoms with Crippen molar-refractivity contribution in [3.63, 3.8) is 0 Å². The van der Waals surface area contributed by atoms with Crippen molar-refractivity contribution < 1.29 is 4.42 Å². The molecule has 1 N–H and O–H groups in total. The van der Waals surface area contributed by atoms with E-state index in [2.05, 4.69) is 24.1 Å². The highest BCUT2D eigenvalue weighted by atomic mass is 16.3. The number of hydrogen-bond donors (Lipinski definition) is 1. The van der Waals surface area contributed by atoms with Crippen molar-refractivity contribution in [3.8, 4) is 0 Å². The van der Waals surface area contributed by atoms with E-state index in [0.717, 1.165) is 18.6 Å². The Morgan fingerprint density at radius 3 is 2.86 bits per heavy atom. The maximum absolute atomic E-state index is 12.3. The van der Waals surface area contributed by atoms with Gasteiger partial charge in [0, 0.05) is 31.4 Å². The number of rotatable bonds is 7. The Morgan fingerprint density at radius 1 is 1.38 bits per heavy atom.